The maximum atomic E-state index is 11.9. The zero-order chi connectivity index (χ0) is 21.8. The van der Waals surface area contributed by atoms with Crippen LogP contribution in [0.4, 0.5) is 11.4 Å². The Morgan fingerprint density at radius 2 is 1.77 bits per heavy atom. The van der Waals surface area contributed by atoms with Crippen LogP contribution in [-0.2, 0) is 9.47 Å². The summed E-state index contributed by atoms with van der Waals surface area (Å²) in [6, 6.07) is 17.9. The molecule has 3 aromatic rings. The fourth-order valence-corrected chi connectivity index (χ4v) is 3.92. The first-order valence-corrected chi connectivity index (χ1v) is 10.4. The Morgan fingerprint density at radius 3 is 2.48 bits per heavy atom. The highest BCUT2D eigenvalue weighted by Gasteiger charge is 2.13. The van der Waals surface area contributed by atoms with E-state index in [9.17, 15) is 4.79 Å². The van der Waals surface area contributed by atoms with E-state index >= 15 is 0 Å². The summed E-state index contributed by atoms with van der Waals surface area (Å²) in [5.74, 6) is -0.341. The molecule has 4 rings (SSSR count). The van der Waals surface area contributed by atoms with E-state index in [0.29, 0.717) is 5.56 Å². The Morgan fingerprint density at radius 1 is 1.03 bits per heavy atom. The summed E-state index contributed by atoms with van der Waals surface area (Å²) in [6.45, 7) is 7.50. The van der Waals surface area contributed by atoms with Crippen LogP contribution in [0.5, 0.6) is 0 Å². The van der Waals surface area contributed by atoms with Crippen molar-refractivity contribution in [1.29, 1.82) is 0 Å². The van der Waals surface area contributed by atoms with Gasteiger partial charge in [-0.1, -0.05) is 6.07 Å². The summed E-state index contributed by atoms with van der Waals surface area (Å²) in [7, 11) is 1.39. The molecule has 160 valence electrons. The molecule has 1 aliphatic rings. The van der Waals surface area contributed by atoms with Crippen LogP contribution in [0.3, 0.4) is 0 Å². The van der Waals surface area contributed by atoms with Gasteiger partial charge >= 0.3 is 5.97 Å². The number of rotatable bonds is 5. The third-order valence-electron chi connectivity index (χ3n) is 5.57. The second kappa shape index (κ2) is 9.18. The van der Waals surface area contributed by atoms with Crippen LogP contribution < -0.4 is 4.90 Å². The number of benzene rings is 2. The first kappa shape index (κ1) is 20.9. The Balaban J connectivity index is 1.55. The van der Waals surface area contributed by atoms with E-state index in [4.69, 9.17) is 9.47 Å². The fraction of sp³-hybridized carbons (Fsp3) is 0.280. The Labute approximate surface area is 182 Å². The number of carbonyl (C=O) groups excluding carboxylic acids is 1. The molecular formula is C25H27N3O3. The minimum atomic E-state index is -0.341. The molecule has 31 heavy (non-hydrogen) atoms. The average molecular weight is 418 g/mol. The zero-order valence-corrected chi connectivity index (χ0v) is 18.2. The molecule has 0 radical (unpaired) electrons. The SMILES string of the molecule is COC(=O)c1cccc(-n2c(C)cc(C=Nc3ccc(N4CCOCC4)cc3)c2C)c1. The lowest BCUT2D eigenvalue weighted by molar-refractivity contribution is 0.0600. The quantitative estimate of drug-likeness (QED) is 0.454. The molecule has 2 heterocycles. The standard InChI is InChI=1S/C25H27N3O3/c1-18-15-21(19(2)28(18)24-6-4-5-20(16-24)25(29)30-3)17-26-22-7-9-23(10-8-22)27-11-13-31-14-12-27/h4-10,15-17H,11-14H2,1-3H3. The topological polar surface area (TPSA) is 56.1 Å². The largest absolute Gasteiger partial charge is 0.465 e. The molecule has 6 heteroatoms. The van der Waals surface area contributed by atoms with E-state index in [2.05, 4.69) is 39.6 Å². The molecule has 2 aromatic carbocycles. The lowest BCUT2D eigenvalue weighted by atomic mass is 10.2. The zero-order valence-electron chi connectivity index (χ0n) is 18.2. The van der Waals surface area contributed by atoms with E-state index < -0.39 is 0 Å². The Bertz CT molecular complexity index is 1090. The Kier molecular flexibility index (Phi) is 6.18. The van der Waals surface area contributed by atoms with Crippen molar-refractivity contribution >= 4 is 23.6 Å². The average Bonchev–Trinajstić information content (AvgIpc) is 3.11. The molecule has 1 fully saturated rings. The number of hydrogen-bond donors (Lipinski definition) is 0. The second-order valence-electron chi connectivity index (χ2n) is 7.58. The van der Waals surface area contributed by atoms with Gasteiger partial charge < -0.3 is 18.9 Å². The summed E-state index contributed by atoms with van der Waals surface area (Å²) < 4.78 is 12.4. The fourth-order valence-electron chi connectivity index (χ4n) is 3.92. The predicted molar refractivity (Wildman–Crippen MR) is 123 cm³/mol. The number of aliphatic imine (C=N–C) groups is 1. The molecule has 0 bridgehead atoms. The number of methoxy groups -OCH3 is 1. The molecular weight excluding hydrogens is 390 g/mol. The van der Waals surface area contributed by atoms with Crippen molar-refractivity contribution < 1.29 is 14.3 Å². The molecule has 0 amide bonds. The molecule has 6 nitrogen and oxygen atoms in total. The first-order valence-electron chi connectivity index (χ1n) is 10.4. The van der Waals surface area contributed by atoms with Crippen molar-refractivity contribution in [3.63, 3.8) is 0 Å². The first-order chi connectivity index (χ1) is 15.1. The van der Waals surface area contributed by atoms with Crippen LogP contribution in [-0.4, -0.2) is 50.2 Å². The predicted octanol–water partition coefficient (Wildman–Crippen LogP) is 4.47. The van der Waals surface area contributed by atoms with E-state index in [1.165, 1.54) is 12.8 Å². The van der Waals surface area contributed by atoms with Crippen LogP contribution in [0.25, 0.3) is 5.69 Å². The molecule has 1 aromatic heterocycles. The number of aryl methyl sites for hydroxylation is 1. The third-order valence-corrected chi connectivity index (χ3v) is 5.57. The number of hydrogen-bond acceptors (Lipinski definition) is 5. The number of aromatic nitrogens is 1. The number of morpholine rings is 1. The maximum absolute atomic E-state index is 11.9. The summed E-state index contributed by atoms with van der Waals surface area (Å²) in [6.07, 6.45) is 1.90. The van der Waals surface area contributed by atoms with Crippen molar-refractivity contribution in [2.24, 2.45) is 4.99 Å². The molecule has 1 aliphatic heterocycles. The number of anilines is 1. The number of esters is 1. The number of nitrogens with zero attached hydrogens (tertiary/aromatic N) is 3. The van der Waals surface area contributed by atoms with Gasteiger partial charge in [-0.15, -0.1) is 0 Å². The summed E-state index contributed by atoms with van der Waals surface area (Å²) in [5, 5.41) is 0. The van der Waals surface area contributed by atoms with Crippen LogP contribution in [0.15, 0.2) is 59.6 Å². The van der Waals surface area contributed by atoms with Crippen LogP contribution >= 0.6 is 0 Å². The molecule has 0 saturated carbocycles. The van der Waals surface area contributed by atoms with Crippen molar-refractivity contribution in [3.05, 3.63) is 77.1 Å². The van der Waals surface area contributed by atoms with Crippen molar-refractivity contribution in [1.82, 2.24) is 4.57 Å². The van der Waals surface area contributed by atoms with Gasteiger partial charge in [-0.3, -0.25) is 4.99 Å². The van der Waals surface area contributed by atoms with Gasteiger partial charge in [0, 0.05) is 47.6 Å². The minimum absolute atomic E-state index is 0.341. The van der Waals surface area contributed by atoms with E-state index in [1.54, 1.807) is 6.07 Å². The van der Waals surface area contributed by atoms with Crippen molar-refractivity contribution in [2.45, 2.75) is 13.8 Å². The lowest BCUT2D eigenvalue weighted by Crippen LogP contribution is -2.36. The van der Waals surface area contributed by atoms with Crippen LogP contribution in [0.2, 0.25) is 0 Å². The highest BCUT2D eigenvalue weighted by Crippen LogP contribution is 2.23. The summed E-state index contributed by atoms with van der Waals surface area (Å²) in [5.41, 5.74) is 6.74. The Hall–Kier alpha value is -3.38. The normalized spacial score (nSPS) is 14.2. The molecule has 0 unspecified atom stereocenters. The maximum Gasteiger partial charge on any atom is 0.337 e. The van der Waals surface area contributed by atoms with Gasteiger partial charge in [0.25, 0.3) is 0 Å². The third kappa shape index (κ3) is 4.54. The molecule has 0 aliphatic carbocycles. The van der Waals surface area contributed by atoms with E-state index in [-0.39, 0.29) is 5.97 Å². The molecule has 0 spiro atoms. The van der Waals surface area contributed by atoms with Gasteiger partial charge in [-0.05, 0) is 62.4 Å². The number of carbonyl (C=O) groups is 1. The number of ether oxygens (including phenoxy) is 2. The van der Waals surface area contributed by atoms with E-state index in [1.807, 2.05) is 43.5 Å². The highest BCUT2D eigenvalue weighted by molar-refractivity contribution is 5.90. The second-order valence-corrected chi connectivity index (χ2v) is 7.58. The molecule has 0 N–H and O–H groups in total. The summed E-state index contributed by atoms with van der Waals surface area (Å²) in [4.78, 5) is 18.9. The summed E-state index contributed by atoms with van der Waals surface area (Å²) >= 11 is 0. The van der Waals surface area contributed by atoms with Gasteiger partial charge in [0.1, 0.15) is 0 Å². The molecule has 1 saturated heterocycles. The van der Waals surface area contributed by atoms with Gasteiger partial charge in [0.2, 0.25) is 0 Å². The lowest BCUT2D eigenvalue weighted by Gasteiger charge is -2.28. The van der Waals surface area contributed by atoms with Gasteiger partial charge in [0.15, 0.2) is 0 Å². The monoisotopic (exact) mass is 417 g/mol. The van der Waals surface area contributed by atoms with Crippen molar-refractivity contribution in [2.75, 3.05) is 38.3 Å². The minimum Gasteiger partial charge on any atom is -0.465 e. The van der Waals surface area contributed by atoms with Crippen LogP contribution in [0, 0.1) is 13.8 Å². The highest BCUT2D eigenvalue weighted by atomic mass is 16.5. The van der Waals surface area contributed by atoms with E-state index in [0.717, 1.165) is 54.6 Å². The van der Waals surface area contributed by atoms with Gasteiger partial charge in [-0.2, -0.15) is 0 Å². The molecule has 0 atom stereocenters. The van der Waals surface area contributed by atoms with Gasteiger partial charge in [0.05, 0.1) is 31.6 Å². The van der Waals surface area contributed by atoms with Crippen molar-refractivity contribution in [3.8, 4) is 5.69 Å². The smallest absolute Gasteiger partial charge is 0.337 e. The van der Waals surface area contributed by atoms with Gasteiger partial charge in [-0.25, -0.2) is 4.79 Å². The van der Waals surface area contributed by atoms with Crippen LogP contribution in [0.1, 0.15) is 27.3 Å².